The summed E-state index contributed by atoms with van der Waals surface area (Å²) in [5.41, 5.74) is 0. The minimum absolute atomic E-state index is 0.278. The van der Waals surface area contributed by atoms with Gasteiger partial charge in [-0.1, -0.05) is 29.8 Å². The molecule has 0 saturated heterocycles. The third kappa shape index (κ3) is 5.86. The zero-order chi connectivity index (χ0) is 12.8. The number of halogens is 2. The first-order valence-corrected chi connectivity index (χ1v) is 7.07. The molecule has 17 heavy (non-hydrogen) atoms. The topological polar surface area (TPSA) is 41.5 Å². The number of ether oxygens (including phenoxy) is 1. The predicted octanol–water partition coefficient (Wildman–Crippen LogP) is 2.95. The summed E-state index contributed by atoms with van der Waals surface area (Å²) in [5, 5.41) is 12.8. The maximum atomic E-state index is 9.69. The van der Waals surface area contributed by atoms with E-state index in [2.05, 4.69) is 37.2 Å². The van der Waals surface area contributed by atoms with Crippen molar-refractivity contribution in [3.05, 3.63) is 27.1 Å². The standard InChI is InChI=1S/C12H17Br2NO2/c1-8(2)15-6-10(16)7-17-12-4-3-9(13)5-11(12)14/h3-5,8,10,15-16H,6-7H2,1-2H3. The molecule has 1 unspecified atom stereocenters. The molecule has 0 amide bonds. The van der Waals surface area contributed by atoms with E-state index in [1.807, 2.05) is 32.0 Å². The first-order valence-electron chi connectivity index (χ1n) is 5.48. The Morgan fingerprint density at radius 2 is 2.06 bits per heavy atom. The molecule has 0 fully saturated rings. The molecule has 0 heterocycles. The molecule has 0 aliphatic rings. The Balaban J connectivity index is 2.39. The summed E-state index contributed by atoms with van der Waals surface area (Å²) in [7, 11) is 0. The lowest BCUT2D eigenvalue weighted by Gasteiger charge is -2.15. The Morgan fingerprint density at radius 1 is 1.35 bits per heavy atom. The average molecular weight is 367 g/mol. The molecule has 1 aromatic carbocycles. The normalized spacial score (nSPS) is 12.8. The highest BCUT2D eigenvalue weighted by molar-refractivity contribution is 9.11. The van der Waals surface area contributed by atoms with E-state index >= 15 is 0 Å². The number of rotatable bonds is 6. The smallest absolute Gasteiger partial charge is 0.133 e. The van der Waals surface area contributed by atoms with Gasteiger partial charge in [-0.15, -0.1) is 0 Å². The lowest BCUT2D eigenvalue weighted by atomic mass is 10.3. The predicted molar refractivity (Wildman–Crippen MR) is 76.5 cm³/mol. The number of hydrogen-bond acceptors (Lipinski definition) is 3. The van der Waals surface area contributed by atoms with Gasteiger partial charge in [-0.05, 0) is 34.1 Å². The fraction of sp³-hybridized carbons (Fsp3) is 0.500. The van der Waals surface area contributed by atoms with Crippen LogP contribution in [0.4, 0.5) is 0 Å². The van der Waals surface area contributed by atoms with Gasteiger partial charge in [-0.25, -0.2) is 0 Å². The quantitative estimate of drug-likeness (QED) is 0.813. The van der Waals surface area contributed by atoms with Gasteiger partial charge < -0.3 is 15.2 Å². The van der Waals surface area contributed by atoms with Crippen LogP contribution in [-0.4, -0.2) is 30.4 Å². The van der Waals surface area contributed by atoms with Crippen molar-refractivity contribution in [3.8, 4) is 5.75 Å². The van der Waals surface area contributed by atoms with E-state index in [4.69, 9.17) is 4.74 Å². The SMILES string of the molecule is CC(C)NCC(O)COc1ccc(Br)cc1Br. The summed E-state index contributed by atoms with van der Waals surface area (Å²) in [6.07, 6.45) is -0.507. The van der Waals surface area contributed by atoms with E-state index in [1.54, 1.807) is 0 Å². The number of aliphatic hydroxyl groups excluding tert-OH is 1. The van der Waals surface area contributed by atoms with Gasteiger partial charge in [0.15, 0.2) is 0 Å². The van der Waals surface area contributed by atoms with Gasteiger partial charge in [0.2, 0.25) is 0 Å². The van der Waals surface area contributed by atoms with E-state index in [0.29, 0.717) is 12.6 Å². The Kier molecular flexibility index (Phi) is 6.48. The third-order valence-electron chi connectivity index (χ3n) is 2.09. The van der Waals surface area contributed by atoms with Crippen molar-refractivity contribution < 1.29 is 9.84 Å². The monoisotopic (exact) mass is 365 g/mol. The molecule has 0 saturated carbocycles. The molecule has 0 aliphatic heterocycles. The fourth-order valence-electron chi connectivity index (χ4n) is 1.21. The van der Waals surface area contributed by atoms with Gasteiger partial charge in [-0.3, -0.25) is 0 Å². The van der Waals surface area contributed by atoms with Gasteiger partial charge >= 0.3 is 0 Å². The van der Waals surface area contributed by atoms with Gasteiger partial charge in [0.1, 0.15) is 18.5 Å². The summed E-state index contributed by atoms with van der Waals surface area (Å²) < 4.78 is 7.38. The zero-order valence-electron chi connectivity index (χ0n) is 9.91. The molecular formula is C12H17Br2NO2. The first kappa shape index (κ1) is 15.0. The molecule has 96 valence electrons. The van der Waals surface area contributed by atoms with E-state index in [1.165, 1.54) is 0 Å². The van der Waals surface area contributed by atoms with Gasteiger partial charge in [0.05, 0.1) is 4.47 Å². The van der Waals surface area contributed by atoms with Crippen LogP contribution in [0.3, 0.4) is 0 Å². The highest BCUT2D eigenvalue weighted by Crippen LogP contribution is 2.28. The van der Waals surface area contributed by atoms with Gasteiger partial charge in [-0.2, -0.15) is 0 Å². The summed E-state index contributed by atoms with van der Waals surface area (Å²) in [6, 6.07) is 6.04. The molecule has 0 bridgehead atoms. The Labute approximate surface area is 119 Å². The highest BCUT2D eigenvalue weighted by Gasteiger charge is 2.07. The lowest BCUT2D eigenvalue weighted by Crippen LogP contribution is -2.35. The molecule has 0 aromatic heterocycles. The number of aliphatic hydroxyl groups is 1. The largest absolute Gasteiger partial charge is 0.490 e. The van der Waals surface area contributed by atoms with Crippen LogP contribution in [0.5, 0.6) is 5.75 Å². The molecule has 0 aliphatic carbocycles. The van der Waals surface area contributed by atoms with E-state index in [-0.39, 0.29) is 6.61 Å². The fourth-order valence-corrected chi connectivity index (χ4v) is 2.37. The van der Waals surface area contributed by atoms with E-state index in [0.717, 1.165) is 14.7 Å². The molecule has 0 radical (unpaired) electrons. The van der Waals surface area contributed by atoms with Crippen LogP contribution in [0, 0.1) is 0 Å². The Hall–Kier alpha value is -0.100. The van der Waals surface area contributed by atoms with Crippen molar-refractivity contribution in [3.63, 3.8) is 0 Å². The minimum atomic E-state index is -0.507. The van der Waals surface area contributed by atoms with Crippen molar-refractivity contribution in [2.45, 2.75) is 26.0 Å². The third-order valence-corrected chi connectivity index (χ3v) is 3.20. The van der Waals surface area contributed by atoms with Gasteiger partial charge in [0, 0.05) is 17.1 Å². The summed E-state index contributed by atoms with van der Waals surface area (Å²) in [6.45, 7) is 4.89. The first-order chi connectivity index (χ1) is 7.99. The second-order valence-electron chi connectivity index (χ2n) is 4.10. The minimum Gasteiger partial charge on any atom is -0.490 e. The van der Waals surface area contributed by atoms with Crippen LogP contribution in [0.2, 0.25) is 0 Å². The molecule has 3 nitrogen and oxygen atoms in total. The molecular weight excluding hydrogens is 350 g/mol. The summed E-state index contributed by atoms with van der Waals surface area (Å²) in [5.74, 6) is 0.733. The molecule has 2 N–H and O–H groups in total. The van der Waals surface area contributed by atoms with Crippen LogP contribution in [-0.2, 0) is 0 Å². The second kappa shape index (κ2) is 7.36. The van der Waals surface area contributed by atoms with Crippen molar-refractivity contribution >= 4 is 31.9 Å². The van der Waals surface area contributed by atoms with Crippen LogP contribution in [0.25, 0.3) is 0 Å². The Morgan fingerprint density at radius 3 is 2.65 bits per heavy atom. The number of nitrogens with one attached hydrogen (secondary N) is 1. The highest BCUT2D eigenvalue weighted by atomic mass is 79.9. The van der Waals surface area contributed by atoms with E-state index < -0.39 is 6.10 Å². The molecule has 1 aromatic rings. The molecule has 5 heteroatoms. The maximum absolute atomic E-state index is 9.69. The summed E-state index contributed by atoms with van der Waals surface area (Å²) in [4.78, 5) is 0. The van der Waals surface area contributed by atoms with Crippen molar-refractivity contribution in [2.75, 3.05) is 13.2 Å². The van der Waals surface area contributed by atoms with Crippen LogP contribution >= 0.6 is 31.9 Å². The summed E-state index contributed by atoms with van der Waals surface area (Å²) >= 11 is 6.78. The second-order valence-corrected chi connectivity index (χ2v) is 5.87. The van der Waals surface area contributed by atoms with Crippen molar-refractivity contribution in [2.24, 2.45) is 0 Å². The van der Waals surface area contributed by atoms with Crippen LogP contribution in [0.1, 0.15) is 13.8 Å². The number of hydrogen-bond donors (Lipinski definition) is 2. The van der Waals surface area contributed by atoms with Gasteiger partial charge in [0.25, 0.3) is 0 Å². The van der Waals surface area contributed by atoms with E-state index in [9.17, 15) is 5.11 Å². The van der Waals surface area contributed by atoms with Crippen molar-refractivity contribution in [1.29, 1.82) is 0 Å². The molecule has 0 spiro atoms. The maximum Gasteiger partial charge on any atom is 0.133 e. The molecule has 1 atom stereocenters. The van der Waals surface area contributed by atoms with Crippen LogP contribution in [0.15, 0.2) is 27.1 Å². The zero-order valence-corrected chi connectivity index (χ0v) is 13.1. The Bertz CT molecular complexity index is 358. The average Bonchev–Trinajstić information content (AvgIpc) is 2.25. The lowest BCUT2D eigenvalue weighted by molar-refractivity contribution is 0.104. The number of benzene rings is 1. The molecule has 1 rings (SSSR count). The van der Waals surface area contributed by atoms with Crippen molar-refractivity contribution in [1.82, 2.24) is 5.32 Å². The van der Waals surface area contributed by atoms with Crippen LogP contribution < -0.4 is 10.1 Å².